The number of ketones is 2. The van der Waals surface area contributed by atoms with Gasteiger partial charge in [0.25, 0.3) is 0 Å². The molecule has 6 rings (SSSR count). The second kappa shape index (κ2) is 7.96. The molecule has 0 fully saturated rings. The Kier molecular flexibility index (Phi) is 4.77. The number of ether oxygens (including phenoxy) is 1. The van der Waals surface area contributed by atoms with Gasteiger partial charge in [0, 0.05) is 28.9 Å². The Labute approximate surface area is 197 Å². The summed E-state index contributed by atoms with van der Waals surface area (Å²) in [4.78, 5) is 30.8. The van der Waals surface area contributed by atoms with Gasteiger partial charge in [-0.15, -0.1) is 0 Å². The highest BCUT2D eigenvalue weighted by Gasteiger charge is 2.46. The fraction of sp³-hybridized carbons (Fsp3) is 0.138. The van der Waals surface area contributed by atoms with E-state index in [9.17, 15) is 9.59 Å². The van der Waals surface area contributed by atoms with Gasteiger partial charge in [0.1, 0.15) is 5.57 Å². The van der Waals surface area contributed by atoms with Crippen LogP contribution in [0.25, 0.3) is 0 Å². The zero-order valence-corrected chi connectivity index (χ0v) is 18.7. The molecular weight excluding hydrogens is 424 g/mol. The van der Waals surface area contributed by atoms with E-state index in [4.69, 9.17) is 4.74 Å². The van der Waals surface area contributed by atoms with E-state index in [-0.39, 0.29) is 11.6 Å². The molecule has 5 nitrogen and oxygen atoms in total. The van der Waals surface area contributed by atoms with E-state index in [2.05, 4.69) is 22.4 Å². The molecule has 3 aromatic carbocycles. The molecule has 2 aliphatic carbocycles. The van der Waals surface area contributed by atoms with E-state index in [1.807, 2.05) is 49.4 Å². The Morgan fingerprint density at radius 3 is 2.32 bits per heavy atom. The molecule has 0 spiro atoms. The number of aryl methyl sites for hydroxylation is 1. The van der Waals surface area contributed by atoms with Crippen LogP contribution in [0, 0.1) is 6.92 Å². The molecule has 0 bridgehead atoms. The maximum absolute atomic E-state index is 13.7. The Bertz CT molecular complexity index is 1450. The molecule has 3 aromatic rings. The third kappa shape index (κ3) is 3.20. The first-order chi connectivity index (χ1) is 16.6. The van der Waals surface area contributed by atoms with Crippen molar-refractivity contribution in [2.75, 3.05) is 6.54 Å². The second-order valence-electron chi connectivity index (χ2n) is 8.72. The molecule has 2 N–H and O–H groups in total. The van der Waals surface area contributed by atoms with Gasteiger partial charge in [-0.1, -0.05) is 66.7 Å². The van der Waals surface area contributed by atoms with Crippen LogP contribution in [-0.2, 0) is 6.42 Å². The van der Waals surface area contributed by atoms with Crippen LogP contribution in [0.3, 0.4) is 0 Å². The fourth-order valence-electron chi connectivity index (χ4n) is 4.88. The molecule has 1 atom stereocenters. The van der Waals surface area contributed by atoms with Gasteiger partial charge in [0.15, 0.2) is 11.5 Å². The SMILES string of the molecule is Cc1cccc2c1[NH+]=C1C3=C(C(=O)c4ccccc4C3=O)C(NCCc3ccccc3)=CC1O2. The molecule has 166 valence electrons. The first-order valence-electron chi connectivity index (χ1n) is 11.4. The lowest BCUT2D eigenvalue weighted by Crippen LogP contribution is -2.74. The van der Waals surface area contributed by atoms with Crippen LogP contribution in [0.15, 0.2) is 95.7 Å². The highest BCUT2D eigenvalue weighted by atomic mass is 16.5. The van der Waals surface area contributed by atoms with Crippen molar-refractivity contribution in [1.29, 1.82) is 0 Å². The average molecular weight is 448 g/mol. The summed E-state index contributed by atoms with van der Waals surface area (Å²) < 4.78 is 6.32. The number of hydrogen-bond donors (Lipinski definition) is 2. The van der Waals surface area contributed by atoms with Gasteiger partial charge in [-0.3, -0.25) is 9.59 Å². The molecule has 0 amide bonds. The van der Waals surface area contributed by atoms with E-state index < -0.39 is 6.10 Å². The molecular formula is C29H23N2O3+. The van der Waals surface area contributed by atoms with E-state index in [0.29, 0.717) is 40.2 Å². The Hall–Kier alpha value is -4.25. The first-order valence-corrected chi connectivity index (χ1v) is 11.4. The fourth-order valence-corrected chi connectivity index (χ4v) is 4.88. The number of benzene rings is 3. The van der Waals surface area contributed by atoms with E-state index in [0.717, 1.165) is 23.4 Å². The van der Waals surface area contributed by atoms with Gasteiger partial charge in [0.05, 0.1) is 5.57 Å². The summed E-state index contributed by atoms with van der Waals surface area (Å²) >= 11 is 0. The molecule has 0 aromatic heterocycles. The van der Waals surface area contributed by atoms with E-state index in [1.165, 1.54) is 5.56 Å². The van der Waals surface area contributed by atoms with Gasteiger partial charge < -0.3 is 10.1 Å². The lowest BCUT2D eigenvalue weighted by molar-refractivity contribution is -0.363. The topological polar surface area (TPSA) is 69.4 Å². The normalized spacial score (nSPS) is 18.1. The minimum Gasteiger partial charge on any atom is -0.468 e. The van der Waals surface area contributed by atoms with Gasteiger partial charge >= 0.3 is 0 Å². The summed E-state index contributed by atoms with van der Waals surface area (Å²) in [5.74, 6) is 0.424. The third-order valence-electron chi connectivity index (χ3n) is 6.58. The predicted octanol–water partition coefficient (Wildman–Crippen LogP) is 3.01. The van der Waals surface area contributed by atoms with Crippen molar-refractivity contribution in [2.45, 2.75) is 19.4 Å². The molecule has 5 heteroatoms. The molecule has 0 saturated carbocycles. The summed E-state index contributed by atoms with van der Waals surface area (Å²) in [6.45, 7) is 2.62. The highest BCUT2D eigenvalue weighted by Crippen LogP contribution is 2.36. The first kappa shape index (κ1) is 20.4. The molecule has 0 saturated heterocycles. The number of carbonyl (C=O) groups is 2. The van der Waals surface area contributed by atoms with Crippen LogP contribution in [0.5, 0.6) is 5.75 Å². The number of carbonyl (C=O) groups excluding carboxylic acids is 2. The molecule has 0 radical (unpaired) electrons. The number of nitrogens with one attached hydrogen (secondary N) is 2. The van der Waals surface area contributed by atoms with Crippen LogP contribution < -0.4 is 15.0 Å². The number of allylic oxidation sites excluding steroid dienone is 1. The summed E-state index contributed by atoms with van der Waals surface area (Å²) in [5.41, 5.74) is 5.98. The Morgan fingerprint density at radius 1 is 0.853 bits per heavy atom. The maximum Gasteiger partial charge on any atom is 0.249 e. The molecule has 34 heavy (non-hydrogen) atoms. The minimum atomic E-state index is -0.491. The number of Topliss-reactive ketones (excluding diaryl/α,β-unsaturated/α-hetero) is 2. The van der Waals surface area contributed by atoms with Gasteiger partial charge in [-0.2, -0.15) is 0 Å². The number of rotatable bonds is 4. The summed E-state index contributed by atoms with van der Waals surface area (Å²) in [6, 6.07) is 23.0. The molecule has 1 aliphatic heterocycles. The van der Waals surface area contributed by atoms with Crippen molar-refractivity contribution >= 4 is 23.0 Å². The number of para-hydroxylation sites is 1. The Balaban J connectivity index is 1.45. The van der Waals surface area contributed by atoms with Crippen LogP contribution in [0.4, 0.5) is 5.69 Å². The lowest BCUT2D eigenvalue weighted by atomic mass is 9.76. The lowest BCUT2D eigenvalue weighted by Gasteiger charge is -2.30. The van der Waals surface area contributed by atoms with Crippen molar-refractivity contribution in [3.63, 3.8) is 0 Å². The largest absolute Gasteiger partial charge is 0.468 e. The van der Waals surface area contributed by atoms with Crippen LogP contribution in [-0.4, -0.2) is 29.9 Å². The summed E-state index contributed by atoms with van der Waals surface area (Å²) in [6.07, 6.45) is 2.22. The van der Waals surface area contributed by atoms with Crippen molar-refractivity contribution in [3.8, 4) is 5.75 Å². The quantitative estimate of drug-likeness (QED) is 0.645. The highest BCUT2D eigenvalue weighted by molar-refractivity contribution is 6.39. The molecule has 1 heterocycles. The minimum absolute atomic E-state index is 0.146. The zero-order valence-electron chi connectivity index (χ0n) is 18.7. The van der Waals surface area contributed by atoms with Crippen molar-refractivity contribution in [2.24, 2.45) is 0 Å². The second-order valence-corrected chi connectivity index (χ2v) is 8.72. The van der Waals surface area contributed by atoms with Gasteiger partial charge in [-0.05, 0) is 31.1 Å². The average Bonchev–Trinajstić information content (AvgIpc) is 2.86. The van der Waals surface area contributed by atoms with Gasteiger partial charge in [0.2, 0.25) is 23.3 Å². The maximum atomic E-state index is 13.7. The monoisotopic (exact) mass is 447 g/mol. The standard InChI is InChI=1S/C29H22N2O3/c1-17-8-7-13-22-26(17)31-27-23(34-22)16-21(30-15-14-18-9-3-2-4-10-18)24-25(27)29(33)20-12-6-5-11-19(20)28(24)32/h2-13,16,23,30H,14-15H2,1H3/p+1. The van der Waals surface area contributed by atoms with Crippen molar-refractivity contribution < 1.29 is 19.3 Å². The molecule has 1 unspecified atom stereocenters. The van der Waals surface area contributed by atoms with E-state index >= 15 is 0 Å². The Morgan fingerprint density at radius 2 is 1.56 bits per heavy atom. The summed E-state index contributed by atoms with van der Waals surface area (Å²) in [5, 5.41) is 3.43. The number of hydrogen-bond acceptors (Lipinski definition) is 4. The molecule has 3 aliphatic rings. The van der Waals surface area contributed by atoms with Crippen LogP contribution in [0.1, 0.15) is 31.8 Å². The van der Waals surface area contributed by atoms with Crippen molar-refractivity contribution in [1.82, 2.24) is 5.32 Å². The zero-order chi connectivity index (χ0) is 23.2. The predicted molar refractivity (Wildman–Crippen MR) is 130 cm³/mol. The van der Waals surface area contributed by atoms with Crippen molar-refractivity contribution in [3.05, 3.63) is 118 Å². The number of fused-ring (bicyclic) bond motifs is 4. The van der Waals surface area contributed by atoms with E-state index in [1.54, 1.807) is 24.3 Å². The van der Waals surface area contributed by atoms with Crippen LogP contribution >= 0.6 is 0 Å². The summed E-state index contributed by atoms with van der Waals surface area (Å²) in [7, 11) is 0. The van der Waals surface area contributed by atoms with Crippen LogP contribution in [0.2, 0.25) is 0 Å². The third-order valence-corrected chi connectivity index (χ3v) is 6.58. The smallest absolute Gasteiger partial charge is 0.249 e. The van der Waals surface area contributed by atoms with Gasteiger partial charge in [-0.25, -0.2) is 4.99 Å².